The molecule has 1 aromatic heterocycles. The molecule has 0 radical (unpaired) electrons. The number of hydrogen-bond donors (Lipinski definition) is 1. The number of aryl methyl sites for hydroxylation is 1. The highest BCUT2D eigenvalue weighted by Crippen LogP contribution is 2.37. The Morgan fingerprint density at radius 2 is 1.96 bits per heavy atom. The van der Waals surface area contributed by atoms with Crippen molar-refractivity contribution in [1.82, 2.24) is 9.88 Å². The van der Waals surface area contributed by atoms with Gasteiger partial charge in [0.05, 0.1) is 11.4 Å². The van der Waals surface area contributed by atoms with Crippen molar-refractivity contribution < 1.29 is 22.4 Å². The molecule has 1 aliphatic carbocycles. The Balaban J connectivity index is 1.64. The zero-order valence-electron chi connectivity index (χ0n) is 13.5. The molecule has 136 valence electrons. The van der Waals surface area contributed by atoms with Gasteiger partial charge in [-0.25, -0.2) is 4.79 Å². The molecule has 0 spiro atoms. The smallest absolute Gasteiger partial charge is 0.408 e. The molecule has 1 saturated carbocycles. The third kappa shape index (κ3) is 3.88. The number of fused-ring (bicyclic) bond motifs is 1. The van der Waals surface area contributed by atoms with Crippen molar-refractivity contribution in [3.05, 3.63) is 34.8 Å². The van der Waals surface area contributed by atoms with Crippen molar-refractivity contribution in [3.63, 3.8) is 0 Å². The van der Waals surface area contributed by atoms with E-state index in [0.717, 1.165) is 0 Å². The Labute approximate surface area is 141 Å². The maximum Gasteiger partial charge on any atom is 0.419 e. The van der Waals surface area contributed by atoms with E-state index in [1.165, 1.54) is 4.57 Å². The molecule has 0 bridgehead atoms. The maximum atomic E-state index is 13.1. The van der Waals surface area contributed by atoms with Gasteiger partial charge in [-0.05, 0) is 25.0 Å². The van der Waals surface area contributed by atoms with Crippen LogP contribution >= 0.6 is 0 Å². The van der Waals surface area contributed by atoms with E-state index in [2.05, 4.69) is 5.32 Å². The van der Waals surface area contributed by atoms with E-state index in [4.69, 9.17) is 4.42 Å². The zero-order chi connectivity index (χ0) is 18.0. The summed E-state index contributed by atoms with van der Waals surface area (Å²) >= 11 is 0. The van der Waals surface area contributed by atoms with Crippen LogP contribution in [0.1, 0.15) is 32.1 Å². The Morgan fingerprint density at radius 3 is 2.72 bits per heavy atom. The topological polar surface area (TPSA) is 64.2 Å². The number of nitrogens with zero attached hydrogens (tertiary/aromatic N) is 1. The number of alkyl halides is 3. The highest BCUT2D eigenvalue weighted by atomic mass is 19.4. The number of rotatable bonds is 4. The third-order valence-electron chi connectivity index (χ3n) is 4.67. The van der Waals surface area contributed by atoms with Gasteiger partial charge in [-0.3, -0.25) is 9.36 Å². The number of para-hydroxylation sites is 2. The second-order valence-corrected chi connectivity index (χ2v) is 6.34. The van der Waals surface area contributed by atoms with Crippen LogP contribution in [0, 0.1) is 5.92 Å². The first-order valence-corrected chi connectivity index (χ1v) is 8.30. The minimum atomic E-state index is -4.31. The minimum absolute atomic E-state index is 0.0419. The predicted molar refractivity (Wildman–Crippen MR) is 85.0 cm³/mol. The number of hydrogen-bond acceptors (Lipinski definition) is 3. The first-order chi connectivity index (χ1) is 11.9. The lowest BCUT2D eigenvalue weighted by atomic mass is 9.84. The molecular formula is C17H19F3N2O3. The molecule has 5 nitrogen and oxygen atoms in total. The van der Waals surface area contributed by atoms with E-state index < -0.39 is 29.8 Å². The van der Waals surface area contributed by atoms with Gasteiger partial charge in [-0.15, -0.1) is 0 Å². The Bertz CT molecular complexity index is 809. The molecule has 1 fully saturated rings. The van der Waals surface area contributed by atoms with E-state index in [0.29, 0.717) is 30.4 Å². The van der Waals surface area contributed by atoms with Crippen molar-refractivity contribution in [3.8, 4) is 0 Å². The summed E-state index contributed by atoms with van der Waals surface area (Å²) in [6.45, 7) is 0.0606. The van der Waals surface area contributed by atoms with Crippen LogP contribution in [-0.2, 0) is 11.3 Å². The van der Waals surface area contributed by atoms with Crippen LogP contribution < -0.4 is 11.1 Å². The summed E-state index contributed by atoms with van der Waals surface area (Å²) in [6.07, 6.45) is -2.83. The molecule has 0 saturated heterocycles. The highest BCUT2D eigenvalue weighted by molar-refractivity contribution is 5.77. The van der Waals surface area contributed by atoms with Gasteiger partial charge in [0, 0.05) is 19.0 Å². The number of carbonyl (C=O) groups is 1. The van der Waals surface area contributed by atoms with Gasteiger partial charge >= 0.3 is 11.9 Å². The Kier molecular flexibility index (Phi) is 4.87. The number of amides is 1. The molecule has 0 aliphatic heterocycles. The fourth-order valence-electron chi connectivity index (χ4n) is 3.41. The SMILES string of the molecule is O=C(CCn1c(=O)oc2ccccc21)N[C@H]1CCCC[C@@H]1C(F)(F)F. The molecule has 25 heavy (non-hydrogen) atoms. The summed E-state index contributed by atoms with van der Waals surface area (Å²) in [5.74, 6) is -2.57. The molecule has 1 N–H and O–H groups in total. The molecule has 0 unspecified atom stereocenters. The lowest BCUT2D eigenvalue weighted by Gasteiger charge is -2.33. The summed E-state index contributed by atoms with van der Waals surface area (Å²) in [4.78, 5) is 23.9. The van der Waals surface area contributed by atoms with Crippen LogP contribution in [0.4, 0.5) is 13.2 Å². The van der Waals surface area contributed by atoms with Gasteiger partial charge in [-0.1, -0.05) is 25.0 Å². The largest absolute Gasteiger partial charge is 0.419 e. The van der Waals surface area contributed by atoms with Crippen LogP contribution in [0.5, 0.6) is 0 Å². The van der Waals surface area contributed by atoms with Gasteiger partial charge in [0.2, 0.25) is 5.91 Å². The Hall–Kier alpha value is -2.25. The van der Waals surface area contributed by atoms with Crippen molar-refractivity contribution in [2.75, 3.05) is 0 Å². The molecular weight excluding hydrogens is 337 g/mol. The number of nitrogens with one attached hydrogen (secondary N) is 1. The molecule has 3 rings (SSSR count). The van der Waals surface area contributed by atoms with Gasteiger partial charge in [0.15, 0.2) is 5.58 Å². The van der Waals surface area contributed by atoms with Crippen molar-refractivity contribution >= 4 is 17.0 Å². The van der Waals surface area contributed by atoms with Crippen LogP contribution in [-0.4, -0.2) is 22.7 Å². The molecule has 2 aromatic rings. The Morgan fingerprint density at radius 1 is 1.24 bits per heavy atom. The van der Waals surface area contributed by atoms with Gasteiger partial charge < -0.3 is 9.73 Å². The van der Waals surface area contributed by atoms with Gasteiger partial charge in [0.25, 0.3) is 0 Å². The van der Waals surface area contributed by atoms with E-state index in [1.54, 1.807) is 24.3 Å². The monoisotopic (exact) mass is 356 g/mol. The third-order valence-corrected chi connectivity index (χ3v) is 4.67. The van der Waals surface area contributed by atoms with Crippen molar-refractivity contribution in [2.45, 2.75) is 50.9 Å². The summed E-state index contributed by atoms with van der Waals surface area (Å²) < 4.78 is 45.6. The van der Waals surface area contributed by atoms with Gasteiger partial charge in [0.1, 0.15) is 0 Å². The summed E-state index contributed by atoms with van der Waals surface area (Å²) in [5, 5.41) is 2.50. The van der Waals surface area contributed by atoms with Crippen LogP contribution in [0.2, 0.25) is 0 Å². The first-order valence-electron chi connectivity index (χ1n) is 8.30. The number of carbonyl (C=O) groups excluding carboxylic acids is 1. The van der Waals surface area contributed by atoms with Crippen LogP contribution in [0.15, 0.2) is 33.5 Å². The maximum absolute atomic E-state index is 13.1. The van der Waals surface area contributed by atoms with Gasteiger partial charge in [-0.2, -0.15) is 13.2 Å². The lowest BCUT2D eigenvalue weighted by molar-refractivity contribution is -0.189. The number of oxazole rings is 1. The number of aromatic nitrogens is 1. The lowest BCUT2D eigenvalue weighted by Crippen LogP contribution is -2.47. The first kappa shape index (κ1) is 17.6. The van der Waals surface area contributed by atoms with Crippen LogP contribution in [0.3, 0.4) is 0 Å². The van der Waals surface area contributed by atoms with E-state index >= 15 is 0 Å². The zero-order valence-corrected chi connectivity index (χ0v) is 13.5. The van der Waals surface area contributed by atoms with Crippen molar-refractivity contribution in [2.24, 2.45) is 5.92 Å². The quantitative estimate of drug-likeness (QED) is 0.915. The summed E-state index contributed by atoms with van der Waals surface area (Å²) in [7, 11) is 0. The molecule has 2 atom stereocenters. The minimum Gasteiger partial charge on any atom is -0.408 e. The van der Waals surface area contributed by atoms with E-state index in [9.17, 15) is 22.8 Å². The molecule has 8 heteroatoms. The fourth-order valence-corrected chi connectivity index (χ4v) is 3.41. The van der Waals surface area contributed by atoms with Crippen LogP contribution in [0.25, 0.3) is 11.1 Å². The number of benzene rings is 1. The second-order valence-electron chi connectivity index (χ2n) is 6.34. The second kappa shape index (κ2) is 6.93. The normalized spacial score (nSPS) is 21.4. The number of halogens is 3. The van der Waals surface area contributed by atoms with E-state index in [1.807, 2.05) is 0 Å². The predicted octanol–water partition coefficient (Wildman–Crippen LogP) is 3.22. The molecule has 1 amide bonds. The fraction of sp³-hybridized carbons (Fsp3) is 0.529. The summed E-state index contributed by atoms with van der Waals surface area (Å²) in [5.41, 5.74) is 0.975. The van der Waals surface area contributed by atoms with Crippen molar-refractivity contribution in [1.29, 1.82) is 0 Å². The molecule has 1 aromatic carbocycles. The standard InChI is InChI=1S/C17H19F3N2O3/c18-17(19,20)11-5-1-2-6-12(11)21-15(23)9-10-22-13-7-3-4-8-14(13)25-16(22)24/h3-4,7-8,11-12H,1-2,5-6,9-10H2,(H,21,23)/t11-,12-/m0/s1. The summed E-state index contributed by atoms with van der Waals surface area (Å²) in [6, 6.07) is 5.91. The molecule has 1 heterocycles. The average Bonchev–Trinajstić information content (AvgIpc) is 2.87. The molecule has 1 aliphatic rings. The average molecular weight is 356 g/mol. The highest BCUT2D eigenvalue weighted by Gasteiger charge is 2.45. The van der Waals surface area contributed by atoms with E-state index in [-0.39, 0.29) is 19.4 Å².